The van der Waals surface area contributed by atoms with Crippen LogP contribution in [0.25, 0.3) is 0 Å². The van der Waals surface area contributed by atoms with Gasteiger partial charge in [0.05, 0.1) is 18.9 Å². The maximum atomic E-state index is 11.4. The molecule has 0 aromatic carbocycles. The standard InChI is InChI=1S/C11H20N4O3S/c1-19(17,18)15-7-5-13(6-8-15)9-11(16)10-14-4-2-3-12-14/h2-4,11,16H,5-10H2,1H3. The lowest BCUT2D eigenvalue weighted by atomic mass is 10.3. The molecule has 0 radical (unpaired) electrons. The van der Waals surface area contributed by atoms with Crippen molar-refractivity contribution in [3.05, 3.63) is 18.5 Å². The summed E-state index contributed by atoms with van der Waals surface area (Å²) in [5.74, 6) is 0. The molecule has 108 valence electrons. The van der Waals surface area contributed by atoms with Crippen LogP contribution < -0.4 is 0 Å². The van der Waals surface area contributed by atoms with Gasteiger partial charge in [0.15, 0.2) is 0 Å². The molecule has 1 aliphatic rings. The summed E-state index contributed by atoms with van der Waals surface area (Å²) in [4.78, 5) is 2.08. The molecular weight excluding hydrogens is 268 g/mol. The van der Waals surface area contributed by atoms with Gasteiger partial charge in [0.25, 0.3) is 0 Å². The number of hydrogen-bond donors (Lipinski definition) is 1. The molecule has 1 aliphatic heterocycles. The van der Waals surface area contributed by atoms with Crippen LogP contribution in [0.5, 0.6) is 0 Å². The van der Waals surface area contributed by atoms with Gasteiger partial charge in [-0.2, -0.15) is 9.40 Å². The van der Waals surface area contributed by atoms with E-state index < -0.39 is 16.1 Å². The van der Waals surface area contributed by atoms with E-state index in [4.69, 9.17) is 0 Å². The SMILES string of the molecule is CS(=O)(=O)N1CCN(CC(O)Cn2cccn2)CC1. The Labute approximate surface area is 113 Å². The van der Waals surface area contributed by atoms with E-state index in [-0.39, 0.29) is 0 Å². The normalized spacial score (nSPS) is 20.5. The van der Waals surface area contributed by atoms with Gasteiger partial charge in [0.1, 0.15) is 0 Å². The molecule has 1 aromatic rings. The molecule has 2 heterocycles. The number of piperazine rings is 1. The Morgan fingerprint density at radius 2 is 1.95 bits per heavy atom. The number of nitrogens with zero attached hydrogens (tertiary/aromatic N) is 4. The number of hydrogen-bond acceptors (Lipinski definition) is 5. The lowest BCUT2D eigenvalue weighted by molar-refractivity contribution is 0.0784. The Morgan fingerprint density at radius 1 is 1.26 bits per heavy atom. The number of sulfonamides is 1. The second-order valence-electron chi connectivity index (χ2n) is 4.84. The quantitative estimate of drug-likeness (QED) is 0.738. The van der Waals surface area contributed by atoms with Crippen LogP contribution in [-0.4, -0.2) is 77.6 Å². The minimum Gasteiger partial charge on any atom is -0.390 e. The van der Waals surface area contributed by atoms with Crippen molar-refractivity contribution < 1.29 is 13.5 Å². The van der Waals surface area contributed by atoms with E-state index in [1.54, 1.807) is 10.9 Å². The van der Waals surface area contributed by atoms with Gasteiger partial charge < -0.3 is 5.11 Å². The molecule has 8 heteroatoms. The number of aromatic nitrogens is 2. The largest absolute Gasteiger partial charge is 0.390 e. The Morgan fingerprint density at radius 3 is 2.47 bits per heavy atom. The van der Waals surface area contributed by atoms with Crippen LogP contribution in [0.3, 0.4) is 0 Å². The van der Waals surface area contributed by atoms with Crippen molar-refractivity contribution in [3.63, 3.8) is 0 Å². The minimum absolute atomic E-state index is 0.458. The third-order valence-corrected chi connectivity index (χ3v) is 4.53. The smallest absolute Gasteiger partial charge is 0.211 e. The summed E-state index contributed by atoms with van der Waals surface area (Å²) in [6.45, 7) is 3.30. The molecule has 1 aromatic heterocycles. The van der Waals surface area contributed by atoms with Crippen molar-refractivity contribution in [1.29, 1.82) is 0 Å². The minimum atomic E-state index is -3.09. The van der Waals surface area contributed by atoms with Gasteiger partial charge in [0, 0.05) is 45.1 Å². The summed E-state index contributed by atoms with van der Waals surface area (Å²) in [5, 5.41) is 14.0. The van der Waals surface area contributed by atoms with Gasteiger partial charge in [0.2, 0.25) is 10.0 Å². The maximum Gasteiger partial charge on any atom is 0.211 e. The first-order chi connectivity index (χ1) is 8.95. The third kappa shape index (κ3) is 4.27. The lowest BCUT2D eigenvalue weighted by Gasteiger charge is -2.34. The summed E-state index contributed by atoms with van der Waals surface area (Å²) in [5.41, 5.74) is 0. The summed E-state index contributed by atoms with van der Waals surface area (Å²) in [6, 6.07) is 1.82. The predicted molar refractivity (Wildman–Crippen MR) is 71.1 cm³/mol. The number of aliphatic hydroxyl groups is 1. The summed E-state index contributed by atoms with van der Waals surface area (Å²) < 4.78 is 25.9. The topological polar surface area (TPSA) is 78.7 Å². The van der Waals surface area contributed by atoms with Crippen molar-refractivity contribution in [2.45, 2.75) is 12.6 Å². The second-order valence-corrected chi connectivity index (χ2v) is 6.83. The van der Waals surface area contributed by atoms with Crippen LogP contribution in [0.1, 0.15) is 0 Å². The molecule has 1 atom stereocenters. The van der Waals surface area contributed by atoms with Crippen LogP contribution in [-0.2, 0) is 16.6 Å². The van der Waals surface area contributed by atoms with E-state index in [9.17, 15) is 13.5 Å². The Balaban J connectivity index is 1.76. The zero-order chi connectivity index (χ0) is 13.9. The summed E-state index contributed by atoms with van der Waals surface area (Å²) in [7, 11) is -3.09. The van der Waals surface area contributed by atoms with Gasteiger partial charge in [-0.05, 0) is 6.07 Å². The Kier molecular flexibility index (Phi) is 4.56. The molecule has 1 saturated heterocycles. The molecule has 1 N–H and O–H groups in total. The first kappa shape index (κ1) is 14.4. The second kappa shape index (κ2) is 6.00. The molecular formula is C11H20N4O3S. The highest BCUT2D eigenvalue weighted by Gasteiger charge is 2.24. The molecule has 0 amide bonds. The zero-order valence-electron chi connectivity index (χ0n) is 11.0. The highest BCUT2D eigenvalue weighted by Crippen LogP contribution is 2.07. The molecule has 0 aliphatic carbocycles. The molecule has 19 heavy (non-hydrogen) atoms. The number of rotatable bonds is 5. The third-order valence-electron chi connectivity index (χ3n) is 3.23. The van der Waals surface area contributed by atoms with E-state index in [1.165, 1.54) is 10.6 Å². The van der Waals surface area contributed by atoms with Crippen molar-refractivity contribution in [1.82, 2.24) is 19.0 Å². The molecule has 1 fully saturated rings. The summed E-state index contributed by atoms with van der Waals surface area (Å²) >= 11 is 0. The van der Waals surface area contributed by atoms with Gasteiger partial charge in [-0.25, -0.2) is 8.42 Å². The van der Waals surface area contributed by atoms with Crippen molar-refractivity contribution in [2.75, 3.05) is 39.0 Å². The summed E-state index contributed by atoms with van der Waals surface area (Å²) in [6.07, 6.45) is 4.22. The average molecular weight is 288 g/mol. The zero-order valence-corrected chi connectivity index (χ0v) is 11.8. The molecule has 2 rings (SSSR count). The monoisotopic (exact) mass is 288 g/mol. The highest BCUT2D eigenvalue weighted by molar-refractivity contribution is 7.88. The van der Waals surface area contributed by atoms with Crippen LogP contribution in [0.2, 0.25) is 0 Å². The van der Waals surface area contributed by atoms with E-state index in [0.29, 0.717) is 39.3 Å². The predicted octanol–water partition coefficient (Wildman–Crippen LogP) is -1.18. The van der Waals surface area contributed by atoms with Gasteiger partial charge >= 0.3 is 0 Å². The van der Waals surface area contributed by atoms with E-state index in [2.05, 4.69) is 10.00 Å². The molecule has 7 nitrogen and oxygen atoms in total. The fourth-order valence-corrected chi connectivity index (χ4v) is 3.05. The van der Waals surface area contributed by atoms with Crippen LogP contribution in [0.15, 0.2) is 18.5 Å². The fraction of sp³-hybridized carbons (Fsp3) is 0.727. The van der Waals surface area contributed by atoms with Crippen LogP contribution >= 0.6 is 0 Å². The molecule has 0 bridgehead atoms. The van der Waals surface area contributed by atoms with E-state index >= 15 is 0 Å². The lowest BCUT2D eigenvalue weighted by Crippen LogP contribution is -2.50. The molecule has 1 unspecified atom stereocenters. The van der Waals surface area contributed by atoms with Gasteiger partial charge in [-0.1, -0.05) is 0 Å². The van der Waals surface area contributed by atoms with Crippen molar-refractivity contribution in [2.24, 2.45) is 0 Å². The first-order valence-corrected chi connectivity index (χ1v) is 8.13. The Bertz CT molecular complexity index is 480. The first-order valence-electron chi connectivity index (χ1n) is 6.28. The van der Waals surface area contributed by atoms with E-state index in [1.807, 2.05) is 12.3 Å². The van der Waals surface area contributed by atoms with Gasteiger partial charge in [-0.3, -0.25) is 9.58 Å². The van der Waals surface area contributed by atoms with Crippen LogP contribution in [0.4, 0.5) is 0 Å². The molecule has 0 saturated carbocycles. The number of aliphatic hydroxyl groups excluding tert-OH is 1. The Hall–Kier alpha value is -0.960. The average Bonchev–Trinajstić information content (AvgIpc) is 2.81. The van der Waals surface area contributed by atoms with E-state index in [0.717, 1.165) is 0 Å². The van der Waals surface area contributed by atoms with Crippen molar-refractivity contribution in [3.8, 4) is 0 Å². The number of β-amino-alcohol motifs (C(OH)–C–C–N with tert-alkyl or cyclic N) is 1. The fourth-order valence-electron chi connectivity index (χ4n) is 2.22. The highest BCUT2D eigenvalue weighted by atomic mass is 32.2. The maximum absolute atomic E-state index is 11.4. The van der Waals surface area contributed by atoms with Gasteiger partial charge in [-0.15, -0.1) is 0 Å². The van der Waals surface area contributed by atoms with Crippen molar-refractivity contribution >= 4 is 10.0 Å². The molecule has 0 spiro atoms. The van der Waals surface area contributed by atoms with Crippen LogP contribution in [0, 0.1) is 0 Å².